The molecule has 134 valence electrons. The van der Waals surface area contributed by atoms with Crippen molar-refractivity contribution in [2.24, 2.45) is 5.73 Å². The average molecular weight is 371 g/mol. The second-order valence-corrected chi connectivity index (χ2v) is 7.09. The van der Waals surface area contributed by atoms with Gasteiger partial charge in [0.05, 0.1) is 17.1 Å². The molecule has 2 heterocycles. The Morgan fingerprint density at radius 2 is 1.96 bits per heavy atom. The summed E-state index contributed by atoms with van der Waals surface area (Å²) in [4.78, 5) is 18.9. The second-order valence-electron chi connectivity index (χ2n) is 6.65. The number of aliphatic hydroxyl groups is 1. The Bertz CT molecular complexity index is 944. The molecule has 1 amide bonds. The van der Waals surface area contributed by atoms with E-state index in [9.17, 15) is 9.90 Å². The van der Waals surface area contributed by atoms with Gasteiger partial charge in [-0.1, -0.05) is 11.6 Å². The number of nitrogens with two attached hydrogens (primary N) is 1. The van der Waals surface area contributed by atoms with Crippen LogP contribution in [-0.2, 0) is 0 Å². The number of nitrogens with zero attached hydrogens (tertiary/aromatic N) is 3. The maximum atomic E-state index is 12.9. The van der Waals surface area contributed by atoms with Crippen LogP contribution < -0.4 is 5.73 Å². The van der Waals surface area contributed by atoms with Gasteiger partial charge < -0.3 is 15.7 Å². The second kappa shape index (κ2) is 6.72. The first kappa shape index (κ1) is 17.0. The van der Waals surface area contributed by atoms with E-state index in [1.54, 1.807) is 17.3 Å². The summed E-state index contributed by atoms with van der Waals surface area (Å²) in [6.45, 7) is 0.755. The Hall–Kier alpha value is -2.41. The molecule has 3 aromatic rings. The quantitative estimate of drug-likeness (QED) is 0.724. The lowest BCUT2D eigenvalue weighted by Gasteiger charge is -2.34. The van der Waals surface area contributed by atoms with Crippen molar-refractivity contribution in [1.29, 1.82) is 0 Å². The molecule has 6 nitrogen and oxygen atoms in total. The monoisotopic (exact) mass is 370 g/mol. The highest BCUT2D eigenvalue weighted by molar-refractivity contribution is 6.30. The number of carbonyl (C=O) groups excluding carboxylic acids is 1. The SMILES string of the molecule is NC1CC(O)CN(C(=O)c2ccc3ncn(-c4ccc(Cl)cc4)c3c2)C1. The zero-order valence-electron chi connectivity index (χ0n) is 14.0. The number of fused-ring (bicyclic) bond motifs is 1. The van der Waals surface area contributed by atoms with Gasteiger partial charge in [-0.25, -0.2) is 4.98 Å². The Balaban J connectivity index is 1.69. The van der Waals surface area contributed by atoms with Crippen LogP contribution in [0.3, 0.4) is 0 Å². The zero-order valence-corrected chi connectivity index (χ0v) is 14.8. The number of rotatable bonds is 2. The van der Waals surface area contributed by atoms with Crippen LogP contribution in [0.2, 0.25) is 5.02 Å². The molecule has 2 atom stereocenters. The lowest BCUT2D eigenvalue weighted by atomic mass is 10.0. The Morgan fingerprint density at radius 3 is 2.69 bits per heavy atom. The van der Waals surface area contributed by atoms with Gasteiger partial charge >= 0.3 is 0 Å². The minimum absolute atomic E-state index is 0.134. The van der Waals surface area contributed by atoms with E-state index in [-0.39, 0.29) is 11.9 Å². The van der Waals surface area contributed by atoms with Crippen LogP contribution in [0.5, 0.6) is 0 Å². The van der Waals surface area contributed by atoms with Gasteiger partial charge in [-0.2, -0.15) is 0 Å². The van der Waals surface area contributed by atoms with Crippen molar-refractivity contribution in [2.75, 3.05) is 13.1 Å². The highest BCUT2D eigenvalue weighted by atomic mass is 35.5. The van der Waals surface area contributed by atoms with E-state index in [1.807, 2.05) is 41.0 Å². The number of hydrogen-bond donors (Lipinski definition) is 2. The highest BCUT2D eigenvalue weighted by Gasteiger charge is 2.27. The normalized spacial score (nSPS) is 20.5. The Morgan fingerprint density at radius 1 is 1.19 bits per heavy atom. The van der Waals surface area contributed by atoms with E-state index >= 15 is 0 Å². The molecule has 4 rings (SSSR count). The number of aliphatic hydroxyl groups excluding tert-OH is 1. The maximum absolute atomic E-state index is 12.9. The van der Waals surface area contributed by atoms with Crippen molar-refractivity contribution >= 4 is 28.5 Å². The molecule has 1 aliphatic heterocycles. The summed E-state index contributed by atoms with van der Waals surface area (Å²) in [5, 5.41) is 10.6. The topological polar surface area (TPSA) is 84.4 Å². The van der Waals surface area contributed by atoms with Crippen LogP contribution in [0, 0.1) is 0 Å². The minimum atomic E-state index is -0.578. The molecule has 0 saturated carbocycles. The Labute approximate surface area is 155 Å². The largest absolute Gasteiger partial charge is 0.391 e. The summed E-state index contributed by atoms with van der Waals surface area (Å²) >= 11 is 5.96. The van der Waals surface area contributed by atoms with E-state index < -0.39 is 6.10 Å². The number of carbonyl (C=O) groups is 1. The molecule has 1 aromatic heterocycles. The van der Waals surface area contributed by atoms with Gasteiger partial charge in [0.15, 0.2) is 0 Å². The molecule has 0 spiro atoms. The fraction of sp³-hybridized carbons (Fsp3) is 0.263. The summed E-state index contributed by atoms with van der Waals surface area (Å²) in [7, 11) is 0. The third-order valence-electron chi connectivity index (χ3n) is 4.65. The van der Waals surface area contributed by atoms with Gasteiger partial charge in [0.25, 0.3) is 5.91 Å². The Kier molecular flexibility index (Phi) is 4.40. The van der Waals surface area contributed by atoms with Crippen LogP contribution in [-0.4, -0.2) is 50.7 Å². The van der Waals surface area contributed by atoms with E-state index in [4.69, 9.17) is 17.3 Å². The standard InChI is InChI=1S/C19H19ClN4O2/c20-13-2-4-15(5-3-13)24-11-22-17-6-1-12(7-18(17)24)19(26)23-9-14(21)8-16(25)10-23/h1-7,11,14,16,25H,8-10,21H2. The van der Waals surface area contributed by atoms with Crippen LogP contribution in [0.15, 0.2) is 48.8 Å². The molecule has 26 heavy (non-hydrogen) atoms. The molecule has 1 saturated heterocycles. The molecule has 0 bridgehead atoms. The molecule has 1 aliphatic rings. The van der Waals surface area contributed by atoms with Gasteiger partial charge in [0.1, 0.15) is 6.33 Å². The average Bonchev–Trinajstić information content (AvgIpc) is 3.04. The van der Waals surface area contributed by atoms with Gasteiger partial charge in [-0.3, -0.25) is 9.36 Å². The van der Waals surface area contributed by atoms with Crippen molar-refractivity contribution in [3.05, 3.63) is 59.4 Å². The third kappa shape index (κ3) is 3.19. The number of β-amino-alcohol motifs (C(OH)–C–C–N with tert-alkyl or cyclic N) is 1. The number of piperidine rings is 1. The molecular weight excluding hydrogens is 352 g/mol. The van der Waals surface area contributed by atoms with E-state index in [0.29, 0.717) is 30.1 Å². The molecule has 0 radical (unpaired) electrons. The van der Waals surface area contributed by atoms with Gasteiger partial charge in [0.2, 0.25) is 0 Å². The summed E-state index contributed by atoms with van der Waals surface area (Å²) in [6.07, 6.45) is 1.67. The van der Waals surface area contributed by atoms with Crippen molar-refractivity contribution < 1.29 is 9.90 Å². The summed E-state index contributed by atoms with van der Waals surface area (Å²) in [5.74, 6) is -0.134. The lowest BCUT2D eigenvalue weighted by Crippen LogP contribution is -2.51. The summed E-state index contributed by atoms with van der Waals surface area (Å²) < 4.78 is 1.92. The van der Waals surface area contributed by atoms with Crippen molar-refractivity contribution in [3.63, 3.8) is 0 Å². The molecule has 2 aromatic carbocycles. The van der Waals surface area contributed by atoms with E-state index in [1.165, 1.54) is 0 Å². The molecular formula is C19H19ClN4O2. The summed E-state index contributed by atoms with van der Waals surface area (Å²) in [5.41, 5.74) is 9.03. The number of likely N-dealkylation sites (tertiary alicyclic amines) is 1. The highest BCUT2D eigenvalue weighted by Crippen LogP contribution is 2.22. The lowest BCUT2D eigenvalue weighted by molar-refractivity contribution is 0.0424. The predicted octanol–water partition coefficient (Wildman–Crippen LogP) is 2.21. The first-order valence-electron chi connectivity index (χ1n) is 8.47. The van der Waals surface area contributed by atoms with Crippen molar-refractivity contribution in [3.8, 4) is 5.69 Å². The van der Waals surface area contributed by atoms with E-state index in [0.717, 1.165) is 16.7 Å². The van der Waals surface area contributed by atoms with Crippen LogP contribution in [0.4, 0.5) is 0 Å². The van der Waals surface area contributed by atoms with Crippen molar-refractivity contribution in [2.45, 2.75) is 18.6 Å². The minimum Gasteiger partial charge on any atom is -0.391 e. The number of halogens is 1. The fourth-order valence-corrected chi connectivity index (χ4v) is 3.53. The fourth-order valence-electron chi connectivity index (χ4n) is 3.41. The number of aromatic nitrogens is 2. The number of imidazole rings is 1. The zero-order chi connectivity index (χ0) is 18.3. The molecule has 3 N–H and O–H groups in total. The molecule has 7 heteroatoms. The molecule has 2 unspecified atom stereocenters. The smallest absolute Gasteiger partial charge is 0.254 e. The van der Waals surface area contributed by atoms with Crippen LogP contribution in [0.1, 0.15) is 16.8 Å². The number of amides is 1. The third-order valence-corrected chi connectivity index (χ3v) is 4.90. The molecule has 1 fully saturated rings. The first-order valence-corrected chi connectivity index (χ1v) is 8.85. The maximum Gasteiger partial charge on any atom is 0.254 e. The van der Waals surface area contributed by atoms with E-state index in [2.05, 4.69) is 4.98 Å². The van der Waals surface area contributed by atoms with Gasteiger partial charge in [-0.15, -0.1) is 0 Å². The number of hydrogen-bond acceptors (Lipinski definition) is 4. The van der Waals surface area contributed by atoms with Crippen LogP contribution in [0.25, 0.3) is 16.7 Å². The molecule has 0 aliphatic carbocycles. The van der Waals surface area contributed by atoms with Crippen LogP contribution >= 0.6 is 11.6 Å². The summed E-state index contributed by atoms with van der Waals surface area (Å²) in [6, 6.07) is 12.6. The van der Waals surface area contributed by atoms with Gasteiger partial charge in [-0.05, 0) is 48.9 Å². The number of benzene rings is 2. The first-order chi connectivity index (χ1) is 12.5. The van der Waals surface area contributed by atoms with Crippen molar-refractivity contribution in [1.82, 2.24) is 14.5 Å². The van der Waals surface area contributed by atoms with Gasteiger partial charge in [0, 0.05) is 35.4 Å². The predicted molar refractivity (Wildman–Crippen MR) is 101 cm³/mol.